The first kappa shape index (κ1) is 20.8. The minimum Gasteiger partial charge on any atom is -0.456 e. The van der Waals surface area contributed by atoms with Crippen LogP contribution in [-0.4, -0.2) is 0 Å². The Morgan fingerprint density at radius 1 is 0.391 bits per heavy atom. The van der Waals surface area contributed by atoms with Crippen molar-refractivity contribution in [1.82, 2.24) is 0 Å². The molecule has 2 aromatic heterocycles. The first-order valence-corrected chi connectivity index (χ1v) is 15.3. The van der Waals surface area contributed by atoms with Gasteiger partial charge in [-0.3, -0.25) is 0 Å². The summed E-state index contributed by atoms with van der Waals surface area (Å²) in [6, 6.07) is 41.6. The maximum absolute atomic E-state index is 8.50. The summed E-state index contributed by atoms with van der Waals surface area (Å²) in [6.07, 6.45) is 0. The molecule has 0 bridgehead atoms. The maximum Gasteiger partial charge on any atom is 0.136 e. The van der Waals surface area contributed by atoms with Crippen LogP contribution in [0.2, 0.25) is 0 Å². The van der Waals surface area contributed by atoms with Gasteiger partial charge in [-0.2, -0.15) is 0 Å². The molecule has 2 heterocycles. The average molecular weight is 592 g/mol. The Hall–Kier alpha value is -6.12. The SMILES string of the molecule is [2H]c1c([2H])c([2H])c(-c2ccc3oc(-c4c5ccccc5c(-c5ccc6c(c5)oc5ccc7ccccc7c56)c5ccccc45)cc3c2)c([2H])c1[2H]. The highest BCUT2D eigenvalue weighted by molar-refractivity contribution is 6.23. The van der Waals surface area contributed by atoms with E-state index in [4.69, 9.17) is 15.7 Å². The van der Waals surface area contributed by atoms with Gasteiger partial charge in [0, 0.05) is 21.7 Å². The highest BCUT2D eigenvalue weighted by Gasteiger charge is 2.20. The van der Waals surface area contributed by atoms with E-state index in [1.807, 2.05) is 24.3 Å². The lowest BCUT2D eigenvalue weighted by Crippen LogP contribution is -1.89. The van der Waals surface area contributed by atoms with Crippen LogP contribution in [0.1, 0.15) is 6.85 Å². The van der Waals surface area contributed by atoms with Crippen LogP contribution in [0.3, 0.4) is 0 Å². The number of hydrogen-bond donors (Lipinski definition) is 0. The first-order chi connectivity index (χ1) is 24.9. The Labute approximate surface area is 271 Å². The Morgan fingerprint density at radius 2 is 1.04 bits per heavy atom. The molecule has 10 aromatic rings. The fourth-order valence-electron chi connectivity index (χ4n) is 7.12. The van der Waals surface area contributed by atoms with Gasteiger partial charge in [0.1, 0.15) is 22.5 Å². The number of benzene rings is 8. The van der Waals surface area contributed by atoms with Gasteiger partial charge in [0.15, 0.2) is 0 Å². The zero-order valence-electron chi connectivity index (χ0n) is 29.4. The molecule has 0 aliphatic carbocycles. The Kier molecular flexibility index (Phi) is 4.37. The molecule has 10 rings (SSSR count). The summed E-state index contributed by atoms with van der Waals surface area (Å²) in [5, 5.41) is 9.56. The molecule has 0 aliphatic heterocycles. The molecule has 0 unspecified atom stereocenters. The summed E-state index contributed by atoms with van der Waals surface area (Å²) in [7, 11) is 0. The molecule has 0 aliphatic rings. The molecule has 0 amide bonds. The van der Waals surface area contributed by atoms with E-state index in [0.717, 1.165) is 65.6 Å². The number of hydrogen-bond acceptors (Lipinski definition) is 2. The van der Waals surface area contributed by atoms with Crippen molar-refractivity contribution in [2.24, 2.45) is 0 Å². The van der Waals surface area contributed by atoms with Crippen LogP contribution in [0.25, 0.3) is 98.8 Å². The number of rotatable bonds is 3. The maximum atomic E-state index is 8.50. The second kappa shape index (κ2) is 9.69. The fraction of sp³-hybridized carbons (Fsp3) is 0. The largest absolute Gasteiger partial charge is 0.456 e. The molecule has 0 spiro atoms. The van der Waals surface area contributed by atoms with Crippen molar-refractivity contribution in [3.05, 3.63) is 158 Å². The zero-order valence-corrected chi connectivity index (χ0v) is 24.4. The van der Waals surface area contributed by atoms with E-state index in [2.05, 4.69) is 91.0 Å². The summed E-state index contributed by atoms with van der Waals surface area (Å²) in [5.74, 6) is 0.682. The van der Waals surface area contributed by atoms with Crippen molar-refractivity contribution >= 4 is 65.2 Å². The standard InChI is InChI=1S/C44H26O2/c1-2-10-27(11-3-1)29-20-22-38-31(24-29)26-41(45-38)44-35-16-8-6-14-33(35)42(34-15-7-9-17-36(34)44)30-18-21-37-40(25-30)46-39-23-19-28-12-4-5-13-32(28)43(37)39/h1-26H/i1D,2D,3D,10D,11D. The molecule has 0 saturated heterocycles. The second-order valence-corrected chi connectivity index (χ2v) is 11.7. The third-order valence-corrected chi connectivity index (χ3v) is 9.13. The van der Waals surface area contributed by atoms with Crippen molar-refractivity contribution in [2.45, 2.75) is 0 Å². The van der Waals surface area contributed by atoms with Crippen LogP contribution < -0.4 is 0 Å². The lowest BCUT2D eigenvalue weighted by molar-refractivity contribution is 0.633. The van der Waals surface area contributed by atoms with E-state index in [1.54, 1.807) is 12.1 Å². The number of fused-ring (bicyclic) bond motifs is 8. The van der Waals surface area contributed by atoms with Gasteiger partial charge in [-0.15, -0.1) is 0 Å². The smallest absolute Gasteiger partial charge is 0.136 e. The van der Waals surface area contributed by atoms with E-state index in [0.29, 0.717) is 16.9 Å². The summed E-state index contributed by atoms with van der Waals surface area (Å²) in [6.45, 7) is 0. The Bertz CT molecular complexity index is 3010. The summed E-state index contributed by atoms with van der Waals surface area (Å²) < 4.78 is 54.3. The summed E-state index contributed by atoms with van der Waals surface area (Å²) in [5.41, 5.74) is 6.16. The van der Waals surface area contributed by atoms with Gasteiger partial charge < -0.3 is 8.83 Å². The molecule has 0 saturated carbocycles. The van der Waals surface area contributed by atoms with Crippen molar-refractivity contribution in [3.8, 4) is 33.6 Å². The molecule has 46 heavy (non-hydrogen) atoms. The van der Waals surface area contributed by atoms with Crippen LogP contribution in [0.4, 0.5) is 0 Å². The summed E-state index contributed by atoms with van der Waals surface area (Å²) in [4.78, 5) is 0. The number of furan rings is 2. The van der Waals surface area contributed by atoms with Gasteiger partial charge in [-0.1, -0.05) is 121 Å². The monoisotopic (exact) mass is 591 g/mol. The van der Waals surface area contributed by atoms with E-state index in [9.17, 15) is 0 Å². The van der Waals surface area contributed by atoms with Crippen molar-refractivity contribution in [3.63, 3.8) is 0 Å². The van der Waals surface area contributed by atoms with Gasteiger partial charge in [-0.05, 0) is 91.0 Å². The van der Waals surface area contributed by atoms with Gasteiger partial charge in [0.05, 0.1) is 6.85 Å². The van der Waals surface area contributed by atoms with E-state index in [1.165, 1.54) is 10.8 Å². The topological polar surface area (TPSA) is 26.3 Å². The third kappa shape index (κ3) is 3.71. The molecule has 0 fully saturated rings. The molecule has 8 aromatic carbocycles. The molecule has 2 nitrogen and oxygen atoms in total. The highest BCUT2D eigenvalue weighted by atomic mass is 16.3. The Morgan fingerprint density at radius 3 is 1.80 bits per heavy atom. The van der Waals surface area contributed by atoms with Crippen LogP contribution in [0, 0.1) is 0 Å². The molecule has 0 atom stereocenters. The van der Waals surface area contributed by atoms with Crippen LogP contribution in [-0.2, 0) is 0 Å². The van der Waals surface area contributed by atoms with E-state index >= 15 is 0 Å². The lowest BCUT2D eigenvalue weighted by Gasteiger charge is -2.16. The van der Waals surface area contributed by atoms with E-state index < -0.39 is 6.04 Å². The molecular formula is C44H26O2. The molecule has 214 valence electrons. The molecular weight excluding hydrogens is 560 g/mol. The quantitative estimate of drug-likeness (QED) is 0.191. The third-order valence-electron chi connectivity index (χ3n) is 9.13. The molecule has 0 radical (unpaired) electrons. The first-order valence-electron chi connectivity index (χ1n) is 17.8. The lowest BCUT2D eigenvalue weighted by atomic mass is 9.87. The minimum absolute atomic E-state index is 0.167. The summed E-state index contributed by atoms with van der Waals surface area (Å²) >= 11 is 0. The highest BCUT2D eigenvalue weighted by Crippen LogP contribution is 2.46. The predicted octanol–water partition coefficient (Wildman–Crippen LogP) is 12.8. The second-order valence-electron chi connectivity index (χ2n) is 11.7. The van der Waals surface area contributed by atoms with Gasteiger partial charge in [0.25, 0.3) is 0 Å². The minimum atomic E-state index is -0.409. The van der Waals surface area contributed by atoms with Crippen LogP contribution in [0.15, 0.2) is 166 Å². The Balaban J connectivity index is 1.18. The van der Waals surface area contributed by atoms with Gasteiger partial charge >= 0.3 is 0 Å². The van der Waals surface area contributed by atoms with Crippen LogP contribution in [0.5, 0.6) is 0 Å². The van der Waals surface area contributed by atoms with Gasteiger partial charge in [-0.25, -0.2) is 0 Å². The van der Waals surface area contributed by atoms with Gasteiger partial charge in [0.2, 0.25) is 0 Å². The van der Waals surface area contributed by atoms with Crippen molar-refractivity contribution < 1.29 is 15.7 Å². The molecule has 0 N–H and O–H groups in total. The average Bonchev–Trinajstić information content (AvgIpc) is 3.76. The van der Waals surface area contributed by atoms with E-state index in [-0.39, 0.29) is 29.7 Å². The predicted molar refractivity (Wildman–Crippen MR) is 192 cm³/mol. The van der Waals surface area contributed by atoms with Crippen molar-refractivity contribution in [2.75, 3.05) is 0 Å². The fourth-order valence-corrected chi connectivity index (χ4v) is 7.12. The van der Waals surface area contributed by atoms with Crippen molar-refractivity contribution in [1.29, 1.82) is 0 Å². The molecule has 2 heteroatoms. The zero-order chi connectivity index (χ0) is 34.5. The normalized spacial score (nSPS) is 13.4. The van der Waals surface area contributed by atoms with Crippen LogP contribution >= 0.6 is 0 Å².